The van der Waals surface area contributed by atoms with Gasteiger partial charge in [0.05, 0.1) is 0 Å². The van der Waals surface area contributed by atoms with Crippen molar-refractivity contribution in [2.45, 2.75) is 75.4 Å². The van der Waals surface area contributed by atoms with Crippen LogP contribution in [0.25, 0.3) is 0 Å². The Morgan fingerprint density at radius 1 is 0.684 bits per heavy atom. The van der Waals surface area contributed by atoms with E-state index in [0.29, 0.717) is 0 Å². The van der Waals surface area contributed by atoms with Gasteiger partial charge in [-0.05, 0) is 27.1 Å². The van der Waals surface area contributed by atoms with Crippen molar-refractivity contribution in [2.75, 3.05) is 20.6 Å². The van der Waals surface area contributed by atoms with E-state index in [1.54, 1.807) is 0 Å². The van der Waals surface area contributed by atoms with E-state index in [2.05, 4.69) is 25.9 Å². The minimum absolute atomic E-state index is 0.750. The molecule has 1 nitrogen and oxygen atoms in total. The van der Waals surface area contributed by atoms with E-state index >= 15 is 0 Å². The number of hydrogen-bond acceptors (Lipinski definition) is 1. The zero-order valence-electron chi connectivity index (χ0n) is 12.9. The third-order valence-electron chi connectivity index (χ3n) is 2.96. The summed E-state index contributed by atoms with van der Waals surface area (Å²) in [6.45, 7) is 3.54. The minimum atomic E-state index is -0.750. The molecule has 0 atom stereocenters. The first kappa shape index (κ1) is 22.1. The molecule has 118 valence electrons. The molecule has 0 aliphatic rings. The maximum absolute atomic E-state index is 4.81. The summed E-state index contributed by atoms with van der Waals surface area (Å²) in [6, 6.07) is 0. The van der Waals surface area contributed by atoms with E-state index in [-0.39, 0.29) is 0 Å². The largest absolute Gasteiger partial charge is 0.309 e. The van der Waals surface area contributed by atoms with Crippen LogP contribution in [-0.2, 0) is 0 Å². The van der Waals surface area contributed by atoms with Crippen LogP contribution >= 0.6 is 34.8 Å². The van der Waals surface area contributed by atoms with Gasteiger partial charge in [0, 0.05) is 0 Å². The molecule has 0 N–H and O–H groups in total. The predicted octanol–water partition coefficient (Wildman–Crippen LogP) is 6.46. The average Bonchev–Trinajstić information content (AvgIpc) is 2.30. The first-order valence-corrected chi connectivity index (χ1v) is 8.88. The van der Waals surface area contributed by atoms with Gasteiger partial charge in [-0.2, -0.15) is 0 Å². The number of nitrogens with zero attached hydrogens (tertiary/aromatic N) is 1. The van der Waals surface area contributed by atoms with Gasteiger partial charge < -0.3 is 4.90 Å². The minimum Gasteiger partial charge on any atom is -0.309 e. The second kappa shape index (κ2) is 18.8. The van der Waals surface area contributed by atoms with Crippen LogP contribution in [0.2, 0.25) is 0 Å². The molecule has 0 aliphatic carbocycles. The molecule has 0 spiro atoms. The van der Waals surface area contributed by atoms with Crippen LogP contribution in [0.3, 0.4) is 0 Å². The first-order chi connectivity index (χ1) is 9.00. The summed E-state index contributed by atoms with van der Waals surface area (Å²) in [5, 5.41) is 0. The van der Waals surface area contributed by atoms with Crippen molar-refractivity contribution >= 4 is 34.8 Å². The number of rotatable bonds is 11. The monoisotopic (exact) mass is 331 g/mol. The molecular weight excluding hydrogens is 301 g/mol. The predicted molar refractivity (Wildman–Crippen MR) is 91.7 cm³/mol. The Kier molecular flexibility index (Phi) is 21.9. The first-order valence-electron chi connectivity index (χ1n) is 7.57. The lowest BCUT2D eigenvalue weighted by molar-refractivity contribution is 0.389. The fourth-order valence-corrected chi connectivity index (χ4v) is 1.92. The highest BCUT2D eigenvalue weighted by molar-refractivity contribution is 6.63. The van der Waals surface area contributed by atoms with E-state index in [9.17, 15) is 0 Å². The molecule has 0 radical (unpaired) electrons. The van der Waals surface area contributed by atoms with Crippen LogP contribution in [-0.4, -0.2) is 29.8 Å². The normalized spacial score (nSPS) is 10.7. The molecule has 0 bridgehead atoms. The topological polar surface area (TPSA) is 3.24 Å². The molecule has 19 heavy (non-hydrogen) atoms. The van der Waals surface area contributed by atoms with Crippen LogP contribution in [0.4, 0.5) is 0 Å². The molecule has 0 fully saturated rings. The van der Waals surface area contributed by atoms with Crippen LogP contribution in [0, 0.1) is 0 Å². The molecule has 0 saturated carbocycles. The zero-order valence-corrected chi connectivity index (χ0v) is 15.2. The summed E-state index contributed by atoms with van der Waals surface area (Å²) in [6.07, 6.45) is 14.4. The summed E-state index contributed by atoms with van der Waals surface area (Å²) in [5.74, 6) is 0. The van der Waals surface area contributed by atoms with Crippen LogP contribution in [0.5, 0.6) is 0 Å². The van der Waals surface area contributed by atoms with Gasteiger partial charge in [0.1, 0.15) is 0 Å². The van der Waals surface area contributed by atoms with Gasteiger partial charge in [-0.15, -0.1) is 0 Å². The Morgan fingerprint density at radius 2 is 1.00 bits per heavy atom. The van der Waals surface area contributed by atoms with E-state index in [1.165, 1.54) is 70.8 Å². The van der Waals surface area contributed by atoms with Gasteiger partial charge in [-0.1, -0.05) is 99.5 Å². The van der Waals surface area contributed by atoms with Crippen molar-refractivity contribution in [3.05, 3.63) is 0 Å². The molecule has 0 amide bonds. The highest BCUT2D eigenvalue weighted by Gasteiger charge is 1.93. The average molecular weight is 333 g/mol. The Morgan fingerprint density at radius 3 is 1.32 bits per heavy atom. The summed E-state index contributed by atoms with van der Waals surface area (Å²) in [7, 11) is 4.32. The highest BCUT2D eigenvalue weighted by atomic mass is 35.6. The summed E-state index contributed by atoms with van der Waals surface area (Å²) in [4.78, 5) is 2.28. The zero-order chi connectivity index (χ0) is 14.9. The molecular formula is C15H32Cl3N. The molecule has 0 aromatic heterocycles. The summed E-state index contributed by atoms with van der Waals surface area (Å²) in [5.41, 5.74) is 0. The van der Waals surface area contributed by atoms with Crippen LogP contribution in [0.1, 0.15) is 71.1 Å². The standard InChI is InChI=1S/C14H31N.CHCl3/c1-4-5-6-7-8-9-10-11-12-13-14-15(2)3;2-1(3)4/h4-14H2,1-3H3;1H. The Bertz CT molecular complexity index is 150. The van der Waals surface area contributed by atoms with Crippen molar-refractivity contribution in [3.8, 4) is 0 Å². The van der Waals surface area contributed by atoms with Crippen molar-refractivity contribution in [1.82, 2.24) is 4.90 Å². The summed E-state index contributed by atoms with van der Waals surface area (Å²) >= 11 is 14.4. The Balaban J connectivity index is 0. The molecule has 0 saturated heterocycles. The SMILES string of the molecule is CCCCCCCCCCCCN(C)C.ClC(Cl)Cl. The summed E-state index contributed by atoms with van der Waals surface area (Å²) < 4.78 is -0.750. The van der Waals surface area contributed by atoms with Gasteiger partial charge in [-0.25, -0.2) is 0 Å². The second-order valence-corrected chi connectivity index (χ2v) is 7.21. The molecule has 0 aromatic carbocycles. The number of alkyl halides is 3. The second-order valence-electron chi connectivity index (χ2n) is 5.23. The molecule has 4 heteroatoms. The molecule has 0 unspecified atom stereocenters. The van der Waals surface area contributed by atoms with Crippen molar-refractivity contribution in [1.29, 1.82) is 0 Å². The molecule has 0 aromatic rings. The smallest absolute Gasteiger partial charge is 0.180 e. The number of unbranched alkanes of at least 4 members (excludes halogenated alkanes) is 9. The van der Waals surface area contributed by atoms with Crippen LogP contribution < -0.4 is 0 Å². The van der Waals surface area contributed by atoms with Gasteiger partial charge in [0.25, 0.3) is 0 Å². The lowest BCUT2D eigenvalue weighted by Gasteiger charge is -2.08. The Labute approximate surface area is 136 Å². The fourth-order valence-electron chi connectivity index (χ4n) is 1.92. The van der Waals surface area contributed by atoms with E-state index in [0.717, 1.165) is 0 Å². The lowest BCUT2D eigenvalue weighted by atomic mass is 10.1. The van der Waals surface area contributed by atoms with Gasteiger partial charge in [0.2, 0.25) is 0 Å². The number of halogens is 3. The fraction of sp³-hybridized carbons (Fsp3) is 1.00. The van der Waals surface area contributed by atoms with Crippen molar-refractivity contribution < 1.29 is 0 Å². The van der Waals surface area contributed by atoms with E-state index in [4.69, 9.17) is 34.8 Å². The van der Waals surface area contributed by atoms with Gasteiger partial charge in [0.15, 0.2) is 4.30 Å². The number of hydrogen-bond donors (Lipinski definition) is 0. The van der Waals surface area contributed by atoms with Crippen molar-refractivity contribution in [2.24, 2.45) is 0 Å². The highest BCUT2D eigenvalue weighted by Crippen LogP contribution is 2.10. The molecule has 0 heterocycles. The lowest BCUT2D eigenvalue weighted by Crippen LogP contribution is -2.12. The molecule has 0 aliphatic heterocycles. The maximum atomic E-state index is 4.81. The van der Waals surface area contributed by atoms with Gasteiger partial charge >= 0.3 is 0 Å². The van der Waals surface area contributed by atoms with E-state index in [1.807, 2.05) is 0 Å². The van der Waals surface area contributed by atoms with Gasteiger partial charge in [-0.3, -0.25) is 0 Å². The molecule has 0 rings (SSSR count). The Hall–Kier alpha value is 0.830. The quantitative estimate of drug-likeness (QED) is 0.310. The van der Waals surface area contributed by atoms with Crippen LogP contribution in [0.15, 0.2) is 0 Å². The third kappa shape index (κ3) is 32.4. The van der Waals surface area contributed by atoms with Crippen molar-refractivity contribution in [3.63, 3.8) is 0 Å². The maximum Gasteiger partial charge on any atom is 0.180 e. The third-order valence-corrected chi connectivity index (χ3v) is 2.96. The van der Waals surface area contributed by atoms with E-state index < -0.39 is 4.30 Å².